The molecule has 2 heterocycles. The number of hydrogen-bond donors (Lipinski definition) is 1. The highest BCUT2D eigenvalue weighted by Crippen LogP contribution is 2.31. The lowest BCUT2D eigenvalue weighted by Gasteiger charge is -2.35. The first-order valence-corrected chi connectivity index (χ1v) is 9.03. The Labute approximate surface area is 150 Å². The molecule has 0 saturated carbocycles. The summed E-state index contributed by atoms with van der Waals surface area (Å²) in [6.45, 7) is 2.85. The summed E-state index contributed by atoms with van der Waals surface area (Å²) >= 11 is 1.44. The number of anilines is 1. The maximum atomic E-state index is 12.2. The highest BCUT2D eigenvalue weighted by atomic mass is 32.1. The monoisotopic (exact) mass is 350 g/mol. The largest absolute Gasteiger partial charge is 0.379 e. The normalized spacial score (nSPS) is 15.4. The summed E-state index contributed by atoms with van der Waals surface area (Å²) in [6, 6.07) is 18.6. The Kier molecular flexibility index (Phi) is 4.11. The highest BCUT2D eigenvalue weighted by molar-refractivity contribution is 7.14. The number of aromatic nitrogens is 1. The van der Waals surface area contributed by atoms with Crippen molar-refractivity contribution < 1.29 is 9.53 Å². The van der Waals surface area contributed by atoms with Crippen LogP contribution in [0.3, 0.4) is 0 Å². The third-order valence-corrected chi connectivity index (χ3v) is 5.16. The van der Waals surface area contributed by atoms with Crippen molar-refractivity contribution >= 4 is 22.4 Å². The van der Waals surface area contributed by atoms with Gasteiger partial charge in [-0.3, -0.25) is 4.79 Å². The SMILES string of the molecule is CC1(C(=O)Nc2nc(-c3ccc(-c4ccccc4)cc3)cs2)COC1. The standard InChI is InChI=1S/C20H18N2O2S/c1-20(12-24-13-20)18(23)22-19-21-17(11-25-19)16-9-7-15(8-10-16)14-5-3-2-4-6-14/h2-11H,12-13H2,1H3,(H,21,22,23). The quantitative estimate of drug-likeness (QED) is 0.756. The minimum atomic E-state index is -0.427. The molecule has 1 saturated heterocycles. The molecule has 0 aliphatic carbocycles. The van der Waals surface area contributed by atoms with Crippen molar-refractivity contribution in [1.82, 2.24) is 4.98 Å². The number of hydrogen-bond acceptors (Lipinski definition) is 4. The summed E-state index contributed by atoms with van der Waals surface area (Å²) in [5.74, 6) is -0.0286. The summed E-state index contributed by atoms with van der Waals surface area (Å²) in [6.07, 6.45) is 0. The van der Waals surface area contributed by atoms with E-state index in [-0.39, 0.29) is 5.91 Å². The Morgan fingerprint density at radius 2 is 1.68 bits per heavy atom. The van der Waals surface area contributed by atoms with Crippen LogP contribution in [0, 0.1) is 5.41 Å². The first-order chi connectivity index (χ1) is 12.1. The first kappa shape index (κ1) is 16.0. The van der Waals surface area contributed by atoms with E-state index in [4.69, 9.17) is 4.74 Å². The van der Waals surface area contributed by atoms with Crippen LogP contribution in [-0.2, 0) is 9.53 Å². The third kappa shape index (κ3) is 3.21. The second-order valence-corrected chi connectivity index (χ2v) is 7.35. The van der Waals surface area contributed by atoms with Gasteiger partial charge in [-0.05, 0) is 18.1 Å². The molecular formula is C20H18N2O2S. The molecule has 5 heteroatoms. The van der Waals surface area contributed by atoms with Crippen LogP contribution in [0.1, 0.15) is 6.92 Å². The first-order valence-electron chi connectivity index (χ1n) is 8.15. The number of nitrogens with zero attached hydrogens (tertiary/aromatic N) is 1. The van der Waals surface area contributed by atoms with Crippen LogP contribution in [0.4, 0.5) is 5.13 Å². The molecule has 1 aliphatic heterocycles. The van der Waals surface area contributed by atoms with E-state index >= 15 is 0 Å². The van der Waals surface area contributed by atoms with E-state index in [2.05, 4.69) is 46.7 Å². The van der Waals surface area contributed by atoms with Crippen LogP contribution < -0.4 is 5.32 Å². The lowest BCUT2D eigenvalue weighted by atomic mass is 9.88. The molecule has 1 fully saturated rings. The Bertz CT molecular complexity index is 884. The van der Waals surface area contributed by atoms with Gasteiger partial charge in [0.25, 0.3) is 0 Å². The number of carbonyl (C=O) groups excluding carboxylic acids is 1. The molecule has 0 unspecified atom stereocenters. The van der Waals surface area contributed by atoms with E-state index in [0.717, 1.165) is 11.3 Å². The van der Waals surface area contributed by atoms with E-state index in [1.165, 1.54) is 22.5 Å². The van der Waals surface area contributed by atoms with Gasteiger partial charge >= 0.3 is 0 Å². The average molecular weight is 350 g/mol. The maximum absolute atomic E-state index is 12.2. The molecule has 4 nitrogen and oxygen atoms in total. The third-order valence-electron chi connectivity index (χ3n) is 4.40. The molecule has 1 aliphatic rings. The number of amides is 1. The van der Waals surface area contributed by atoms with Crippen molar-refractivity contribution in [3.63, 3.8) is 0 Å². The van der Waals surface area contributed by atoms with Crippen LogP contribution in [0.5, 0.6) is 0 Å². The zero-order chi connectivity index (χ0) is 17.3. The molecule has 0 bridgehead atoms. The molecule has 4 rings (SSSR count). The fourth-order valence-corrected chi connectivity index (χ4v) is 3.43. The second-order valence-electron chi connectivity index (χ2n) is 6.49. The van der Waals surface area contributed by atoms with Gasteiger partial charge in [-0.25, -0.2) is 4.98 Å². The molecule has 1 N–H and O–H groups in total. The lowest BCUT2D eigenvalue weighted by Crippen LogP contribution is -2.49. The van der Waals surface area contributed by atoms with Gasteiger partial charge in [0.1, 0.15) is 0 Å². The fourth-order valence-electron chi connectivity index (χ4n) is 2.72. The van der Waals surface area contributed by atoms with Crippen molar-refractivity contribution in [1.29, 1.82) is 0 Å². The van der Waals surface area contributed by atoms with Crippen molar-refractivity contribution in [3.8, 4) is 22.4 Å². The smallest absolute Gasteiger partial charge is 0.236 e. The van der Waals surface area contributed by atoms with Gasteiger partial charge in [-0.1, -0.05) is 54.6 Å². The molecule has 0 atom stereocenters. The van der Waals surface area contributed by atoms with E-state index in [9.17, 15) is 4.79 Å². The molecule has 0 spiro atoms. The van der Waals surface area contributed by atoms with Gasteiger partial charge in [-0.15, -0.1) is 11.3 Å². The molecular weight excluding hydrogens is 332 g/mol. The van der Waals surface area contributed by atoms with Crippen LogP contribution >= 0.6 is 11.3 Å². The van der Waals surface area contributed by atoms with Crippen LogP contribution in [0.25, 0.3) is 22.4 Å². The zero-order valence-electron chi connectivity index (χ0n) is 13.9. The van der Waals surface area contributed by atoms with Gasteiger partial charge < -0.3 is 10.1 Å². The molecule has 1 amide bonds. The summed E-state index contributed by atoms with van der Waals surface area (Å²) < 4.78 is 5.14. The minimum absolute atomic E-state index is 0.0286. The van der Waals surface area contributed by atoms with Crippen LogP contribution in [-0.4, -0.2) is 24.1 Å². The predicted octanol–water partition coefficient (Wildman–Crippen LogP) is 4.45. The summed E-state index contributed by atoms with van der Waals surface area (Å²) in [5, 5.41) is 5.49. The van der Waals surface area contributed by atoms with Gasteiger partial charge in [0.05, 0.1) is 24.3 Å². The summed E-state index contributed by atoms with van der Waals surface area (Å²) in [5.41, 5.74) is 3.84. The van der Waals surface area contributed by atoms with E-state index in [1.807, 2.05) is 30.5 Å². The molecule has 3 aromatic rings. The van der Waals surface area contributed by atoms with E-state index < -0.39 is 5.41 Å². The van der Waals surface area contributed by atoms with Gasteiger partial charge in [0.2, 0.25) is 5.91 Å². The second kappa shape index (κ2) is 6.43. The number of rotatable bonds is 4. The Morgan fingerprint density at radius 1 is 1.04 bits per heavy atom. The maximum Gasteiger partial charge on any atom is 0.236 e. The number of thiazole rings is 1. The fraction of sp³-hybridized carbons (Fsp3) is 0.200. The van der Waals surface area contributed by atoms with Gasteiger partial charge in [0.15, 0.2) is 5.13 Å². The van der Waals surface area contributed by atoms with Crippen molar-refractivity contribution in [2.45, 2.75) is 6.92 Å². The van der Waals surface area contributed by atoms with Crippen molar-refractivity contribution in [3.05, 3.63) is 60.0 Å². The number of nitrogens with one attached hydrogen (secondary N) is 1. The van der Waals surface area contributed by atoms with Crippen molar-refractivity contribution in [2.24, 2.45) is 5.41 Å². The Morgan fingerprint density at radius 3 is 2.32 bits per heavy atom. The molecule has 1 aromatic heterocycles. The number of carbonyl (C=O) groups is 1. The van der Waals surface area contributed by atoms with E-state index in [1.54, 1.807) is 0 Å². The molecule has 126 valence electrons. The summed E-state index contributed by atoms with van der Waals surface area (Å²) in [4.78, 5) is 16.8. The molecule has 2 aromatic carbocycles. The summed E-state index contributed by atoms with van der Waals surface area (Å²) in [7, 11) is 0. The molecule has 0 radical (unpaired) electrons. The van der Waals surface area contributed by atoms with Crippen LogP contribution in [0.15, 0.2) is 60.0 Å². The number of ether oxygens (including phenoxy) is 1. The Balaban J connectivity index is 1.49. The Hall–Kier alpha value is -2.50. The highest BCUT2D eigenvalue weighted by Gasteiger charge is 2.41. The predicted molar refractivity (Wildman–Crippen MR) is 101 cm³/mol. The average Bonchev–Trinajstić information content (AvgIpc) is 3.09. The van der Waals surface area contributed by atoms with Gasteiger partial charge in [0, 0.05) is 10.9 Å². The van der Waals surface area contributed by atoms with Crippen molar-refractivity contribution in [2.75, 3.05) is 18.5 Å². The van der Waals surface area contributed by atoms with Crippen LogP contribution in [0.2, 0.25) is 0 Å². The van der Waals surface area contributed by atoms with Gasteiger partial charge in [-0.2, -0.15) is 0 Å². The van der Waals surface area contributed by atoms with E-state index in [0.29, 0.717) is 18.3 Å². The number of benzene rings is 2. The molecule has 25 heavy (non-hydrogen) atoms. The topological polar surface area (TPSA) is 51.2 Å². The minimum Gasteiger partial charge on any atom is -0.379 e. The zero-order valence-corrected chi connectivity index (χ0v) is 14.7. The lowest BCUT2D eigenvalue weighted by molar-refractivity contribution is -0.151.